The number of rotatable bonds is 4. The van der Waals surface area contributed by atoms with E-state index in [1.54, 1.807) is 6.07 Å². The quantitative estimate of drug-likeness (QED) is 0.896. The molecule has 0 aliphatic carbocycles. The zero-order chi connectivity index (χ0) is 15.4. The highest BCUT2D eigenvalue weighted by Crippen LogP contribution is 2.25. The number of piperidine rings is 1. The molecule has 1 aliphatic rings. The van der Waals surface area contributed by atoms with Gasteiger partial charge in [0, 0.05) is 36.7 Å². The standard InChI is InChI=1S/C17H26N2O2/c1-12(2)17(21)19-10-8-14(9-11-19)18-13(3)15-6-4-5-7-16(15)20/h4-7,12-14,18,20H,8-11H2,1-3H3. The zero-order valence-corrected chi connectivity index (χ0v) is 13.2. The molecule has 0 bridgehead atoms. The molecule has 1 aromatic carbocycles. The Morgan fingerprint density at radius 1 is 1.24 bits per heavy atom. The molecule has 1 atom stereocenters. The van der Waals surface area contributed by atoms with E-state index in [4.69, 9.17) is 0 Å². The maximum atomic E-state index is 12.0. The number of benzene rings is 1. The first-order valence-electron chi connectivity index (χ1n) is 7.81. The Hall–Kier alpha value is -1.55. The van der Waals surface area contributed by atoms with Gasteiger partial charge in [-0.1, -0.05) is 32.0 Å². The summed E-state index contributed by atoms with van der Waals surface area (Å²) in [6.07, 6.45) is 1.94. The van der Waals surface area contributed by atoms with E-state index in [1.165, 1.54) is 0 Å². The van der Waals surface area contributed by atoms with E-state index in [9.17, 15) is 9.90 Å². The number of amides is 1. The molecule has 1 amide bonds. The molecule has 2 rings (SSSR count). The number of hydrogen-bond donors (Lipinski definition) is 2. The van der Waals surface area contributed by atoms with Crippen molar-refractivity contribution in [2.45, 2.75) is 45.7 Å². The lowest BCUT2D eigenvalue weighted by Gasteiger charge is -2.35. The molecule has 1 unspecified atom stereocenters. The van der Waals surface area contributed by atoms with Crippen LogP contribution in [-0.2, 0) is 4.79 Å². The average molecular weight is 290 g/mol. The lowest BCUT2D eigenvalue weighted by Crippen LogP contribution is -2.46. The second kappa shape index (κ2) is 6.94. The van der Waals surface area contributed by atoms with Crippen molar-refractivity contribution in [2.75, 3.05) is 13.1 Å². The summed E-state index contributed by atoms with van der Waals surface area (Å²) in [5.41, 5.74) is 0.929. The van der Waals surface area contributed by atoms with E-state index in [0.717, 1.165) is 31.5 Å². The van der Waals surface area contributed by atoms with Crippen LogP contribution < -0.4 is 5.32 Å². The number of carbonyl (C=O) groups is 1. The molecule has 1 aromatic rings. The fourth-order valence-corrected chi connectivity index (χ4v) is 2.93. The van der Waals surface area contributed by atoms with E-state index < -0.39 is 0 Å². The predicted molar refractivity (Wildman–Crippen MR) is 84.1 cm³/mol. The molecular formula is C17H26N2O2. The van der Waals surface area contributed by atoms with Crippen LogP contribution in [0, 0.1) is 5.92 Å². The van der Waals surface area contributed by atoms with E-state index >= 15 is 0 Å². The predicted octanol–water partition coefficient (Wildman–Crippen LogP) is 2.69. The minimum Gasteiger partial charge on any atom is -0.508 e. The van der Waals surface area contributed by atoms with Crippen molar-refractivity contribution in [3.63, 3.8) is 0 Å². The monoisotopic (exact) mass is 290 g/mol. The van der Waals surface area contributed by atoms with Crippen molar-refractivity contribution in [1.82, 2.24) is 10.2 Å². The van der Waals surface area contributed by atoms with Gasteiger partial charge in [0.05, 0.1) is 0 Å². The van der Waals surface area contributed by atoms with Gasteiger partial charge in [-0.15, -0.1) is 0 Å². The number of aromatic hydroxyl groups is 1. The molecule has 1 fully saturated rings. The molecule has 116 valence electrons. The van der Waals surface area contributed by atoms with E-state index in [1.807, 2.05) is 36.9 Å². The van der Waals surface area contributed by atoms with E-state index in [0.29, 0.717) is 11.8 Å². The summed E-state index contributed by atoms with van der Waals surface area (Å²) in [6, 6.07) is 7.96. The molecule has 0 radical (unpaired) electrons. The maximum Gasteiger partial charge on any atom is 0.225 e. The first kappa shape index (κ1) is 15.8. The molecular weight excluding hydrogens is 264 g/mol. The second-order valence-corrected chi connectivity index (χ2v) is 6.20. The van der Waals surface area contributed by atoms with Crippen molar-refractivity contribution in [3.05, 3.63) is 29.8 Å². The minimum atomic E-state index is 0.0784. The van der Waals surface area contributed by atoms with Gasteiger partial charge in [-0.2, -0.15) is 0 Å². The van der Waals surface area contributed by atoms with Crippen molar-refractivity contribution >= 4 is 5.91 Å². The topological polar surface area (TPSA) is 52.6 Å². The molecule has 2 N–H and O–H groups in total. The highest BCUT2D eigenvalue weighted by molar-refractivity contribution is 5.78. The van der Waals surface area contributed by atoms with Crippen molar-refractivity contribution in [2.24, 2.45) is 5.92 Å². The van der Waals surface area contributed by atoms with Crippen LogP contribution >= 0.6 is 0 Å². The minimum absolute atomic E-state index is 0.0784. The third-order valence-corrected chi connectivity index (χ3v) is 4.19. The van der Waals surface area contributed by atoms with Crippen LogP contribution in [0.1, 0.15) is 45.2 Å². The van der Waals surface area contributed by atoms with Crippen molar-refractivity contribution in [1.29, 1.82) is 0 Å². The van der Waals surface area contributed by atoms with Crippen molar-refractivity contribution in [3.8, 4) is 5.75 Å². The van der Waals surface area contributed by atoms with Gasteiger partial charge in [0.25, 0.3) is 0 Å². The van der Waals surface area contributed by atoms with Gasteiger partial charge in [0.1, 0.15) is 5.75 Å². The first-order valence-corrected chi connectivity index (χ1v) is 7.81. The number of carbonyl (C=O) groups excluding carboxylic acids is 1. The van der Waals surface area contributed by atoms with Gasteiger partial charge in [-0.3, -0.25) is 4.79 Å². The zero-order valence-electron chi connectivity index (χ0n) is 13.2. The maximum absolute atomic E-state index is 12.0. The SMILES string of the molecule is CC(C)C(=O)N1CCC(NC(C)c2ccccc2O)CC1. The molecule has 0 spiro atoms. The summed E-state index contributed by atoms with van der Waals surface area (Å²) in [5, 5.41) is 13.5. The number of para-hydroxylation sites is 1. The Labute approximate surface area is 127 Å². The molecule has 1 heterocycles. The van der Waals surface area contributed by atoms with Gasteiger partial charge < -0.3 is 15.3 Å². The Morgan fingerprint density at radius 2 is 1.86 bits per heavy atom. The Kier molecular flexibility index (Phi) is 5.23. The molecule has 4 heteroatoms. The third-order valence-electron chi connectivity index (χ3n) is 4.19. The van der Waals surface area contributed by atoms with Crippen LogP contribution in [0.3, 0.4) is 0 Å². The fraction of sp³-hybridized carbons (Fsp3) is 0.588. The van der Waals surface area contributed by atoms with Gasteiger partial charge in [0.2, 0.25) is 5.91 Å². The van der Waals surface area contributed by atoms with Gasteiger partial charge in [-0.25, -0.2) is 0 Å². The number of nitrogens with one attached hydrogen (secondary N) is 1. The summed E-state index contributed by atoms with van der Waals surface area (Å²) in [5.74, 6) is 0.668. The van der Waals surface area contributed by atoms with Crippen LogP contribution in [0.5, 0.6) is 5.75 Å². The summed E-state index contributed by atoms with van der Waals surface area (Å²) in [4.78, 5) is 13.9. The van der Waals surface area contributed by atoms with Gasteiger partial charge in [0.15, 0.2) is 0 Å². The summed E-state index contributed by atoms with van der Waals surface area (Å²) in [6.45, 7) is 7.62. The Morgan fingerprint density at radius 3 is 2.43 bits per heavy atom. The number of nitrogens with zero attached hydrogens (tertiary/aromatic N) is 1. The van der Waals surface area contributed by atoms with E-state index in [2.05, 4.69) is 12.2 Å². The Balaban J connectivity index is 1.86. The highest BCUT2D eigenvalue weighted by atomic mass is 16.3. The van der Waals surface area contributed by atoms with Crippen LogP contribution in [0.15, 0.2) is 24.3 Å². The largest absolute Gasteiger partial charge is 0.508 e. The fourth-order valence-electron chi connectivity index (χ4n) is 2.93. The third kappa shape index (κ3) is 3.97. The van der Waals surface area contributed by atoms with Crippen molar-refractivity contribution < 1.29 is 9.90 Å². The summed E-state index contributed by atoms with van der Waals surface area (Å²) in [7, 11) is 0. The highest BCUT2D eigenvalue weighted by Gasteiger charge is 2.25. The summed E-state index contributed by atoms with van der Waals surface area (Å²) < 4.78 is 0. The number of phenolic OH excluding ortho intramolecular Hbond substituents is 1. The van der Waals surface area contributed by atoms with E-state index in [-0.39, 0.29) is 17.9 Å². The average Bonchev–Trinajstić information content (AvgIpc) is 2.47. The molecule has 0 aromatic heterocycles. The molecule has 1 saturated heterocycles. The van der Waals surface area contributed by atoms with Crippen LogP contribution in [0.4, 0.5) is 0 Å². The number of likely N-dealkylation sites (tertiary alicyclic amines) is 1. The molecule has 21 heavy (non-hydrogen) atoms. The first-order chi connectivity index (χ1) is 9.99. The Bertz CT molecular complexity index is 479. The molecule has 1 aliphatic heterocycles. The number of hydrogen-bond acceptors (Lipinski definition) is 3. The van der Waals surface area contributed by atoms with Crippen LogP contribution in [0.2, 0.25) is 0 Å². The molecule has 0 saturated carbocycles. The molecule has 4 nitrogen and oxygen atoms in total. The van der Waals surface area contributed by atoms with Gasteiger partial charge >= 0.3 is 0 Å². The number of phenols is 1. The smallest absolute Gasteiger partial charge is 0.225 e. The van der Waals surface area contributed by atoms with Crippen LogP contribution in [-0.4, -0.2) is 35.0 Å². The lowest BCUT2D eigenvalue weighted by atomic mass is 10.00. The lowest BCUT2D eigenvalue weighted by molar-refractivity contribution is -0.135. The normalized spacial score (nSPS) is 18.0. The summed E-state index contributed by atoms with van der Waals surface area (Å²) >= 11 is 0. The van der Waals surface area contributed by atoms with Crippen LogP contribution in [0.25, 0.3) is 0 Å². The second-order valence-electron chi connectivity index (χ2n) is 6.20. The van der Waals surface area contributed by atoms with Gasteiger partial charge in [-0.05, 0) is 25.8 Å².